The normalized spacial score (nSPS) is 27.7. The third-order valence-electron chi connectivity index (χ3n) is 7.91. The highest BCUT2D eigenvalue weighted by Gasteiger charge is 2.31. The Morgan fingerprint density at radius 2 is 1.31 bits per heavy atom. The molecule has 1 aromatic carbocycles. The van der Waals surface area contributed by atoms with E-state index in [9.17, 15) is 0 Å². The van der Waals surface area contributed by atoms with E-state index in [1.54, 1.807) is 5.56 Å². The molecule has 1 heteroatoms. The average molecular weight is 399 g/mol. The fourth-order valence-electron chi connectivity index (χ4n) is 5.92. The molecule has 29 heavy (non-hydrogen) atoms. The van der Waals surface area contributed by atoms with Crippen LogP contribution in [-0.2, 0) is 0 Å². The number of benzene rings is 1. The van der Waals surface area contributed by atoms with E-state index < -0.39 is 0 Å². The molecule has 1 nitrogen and oxygen atoms in total. The van der Waals surface area contributed by atoms with Gasteiger partial charge in [0.05, 0.1) is 6.61 Å². The summed E-state index contributed by atoms with van der Waals surface area (Å²) in [6.45, 7) is 5.45. The second-order valence-corrected chi connectivity index (χ2v) is 10.0. The first-order valence-electron chi connectivity index (χ1n) is 13.0. The molecule has 0 bridgehead atoms. The van der Waals surface area contributed by atoms with E-state index in [-0.39, 0.29) is 0 Å². The molecule has 2 fully saturated rings. The van der Waals surface area contributed by atoms with Crippen LogP contribution in [0, 0.1) is 17.8 Å². The zero-order chi connectivity index (χ0) is 20.3. The number of hydrogen-bond donors (Lipinski definition) is 0. The average Bonchev–Trinajstić information content (AvgIpc) is 2.78. The van der Waals surface area contributed by atoms with Gasteiger partial charge in [-0.25, -0.2) is 0 Å². The molecule has 3 rings (SSSR count). The zero-order valence-corrected chi connectivity index (χ0v) is 19.3. The van der Waals surface area contributed by atoms with Crippen LogP contribution in [0.1, 0.15) is 122 Å². The van der Waals surface area contributed by atoms with Crippen LogP contribution in [0.4, 0.5) is 0 Å². The van der Waals surface area contributed by atoms with E-state index in [0.29, 0.717) is 0 Å². The largest absolute Gasteiger partial charge is 0.494 e. The molecule has 0 spiro atoms. The van der Waals surface area contributed by atoms with E-state index in [2.05, 4.69) is 38.1 Å². The van der Waals surface area contributed by atoms with Gasteiger partial charge in [0.25, 0.3) is 0 Å². The molecule has 0 aromatic heterocycles. The molecule has 0 unspecified atom stereocenters. The van der Waals surface area contributed by atoms with Gasteiger partial charge in [-0.1, -0.05) is 77.3 Å². The smallest absolute Gasteiger partial charge is 0.119 e. The first-order valence-corrected chi connectivity index (χ1v) is 13.0. The van der Waals surface area contributed by atoms with Crippen molar-refractivity contribution in [2.45, 2.75) is 116 Å². The van der Waals surface area contributed by atoms with Gasteiger partial charge in [0, 0.05) is 0 Å². The minimum Gasteiger partial charge on any atom is -0.494 e. The third-order valence-corrected chi connectivity index (χ3v) is 7.91. The van der Waals surface area contributed by atoms with Crippen LogP contribution in [0.25, 0.3) is 0 Å². The van der Waals surface area contributed by atoms with Crippen LogP contribution in [0.3, 0.4) is 0 Å². The molecule has 0 atom stereocenters. The molecular formula is C28H46O. The summed E-state index contributed by atoms with van der Waals surface area (Å²) in [6.07, 6.45) is 21.2. The quantitative estimate of drug-likeness (QED) is 0.338. The number of hydrogen-bond acceptors (Lipinski definition) is 1. The number of rotatable bonds is 11. The van der Waals surface area contributed by atoms with E-state index in [4.69, 9.17) is 4.74 Å². The lowest BCUT2D eigenvalue weighted by Gasteiger charge is -2.38. The van der Waals surface area contributed by atoms with Crippen molar-refractivity contribution in [2.75, 3.05) is 6.61 Å². The van der Waals surface area contributed by atoms with Crippen molar-refractivity contribution in [3.63, 3.8) is 0 Å². The summed E-state index contributed by atoms with van der Waals surface area (Å²) in [4.78, 5) is 0. The molecule has 0 amide bonds. The molecule has 0 N–H and O–H groups in total. The Morgan fingerprint density at radius 1 is 0.690 bits per heavy atom. The highest BCUT2D eigenvalue weighted by molar-refractivity contribution is 5.29. The maximum absolute atomic E-state index is 5.92. The molecular weight excluding hydrogens is 352 g/mol. The highest BCUT2D eigenvalue weighted by Crippen LogP contribution is 2.44. The van der Waals surface area contributed by atoms with Crippen LogP contribution < -0.4 is 4.74 Å². The maximum atomic E-state index is 5.92. The summed E-state index contributed by atoms with van der Waals surface area (Å²) >= 11 is 0. The summed E-state index contributed by atoms with van der Waals surface area (Å²) < 4.78 is 5.92. The van der Waals surface area contributed by atoms with Crippen molar-refractivity contribution in [3.8, 4) is 5.75 Å². The number of unbranched alkanes of at least 4 members (excludes halogenated alkanes) is 4. The molecule has 164 valence electrons. The third kappa shape index (κ3) is 7.34. The van der Waals surface area contributed by atoms with Crippen molar-refractivity contribution in [1.29, 1.82) is 0 Å². The monoisotopic (exact) mass is 398 g/mol. The van der Waals surface area contributed by atoms with Crippen LogP contribution >= 0.6 is 0 Å². The Labute approximate surface area is 181 Å². The van der Waals surface area contributed by atoms with Crippen LogP contribution in [0.5, 0.6) is 5.75 Å². The molecule has 2 aliphatic rings. The molecule has 0 aliphatic heterocycles. The predicted octanol–water partition coefficient (Wildman–Crippen LogP) is 8.92. The first-order chi connectivity index (χ1) is 14.3. The maximum Gasteiger partial charge on any atom is 0.119 e. The fourth-order valence-corrected chi connectivity index (χ4v) is 5.92. The van der Waals surface area contributed by atoms with Crippen molar-refractivity contribution in [1.82, 2.24) is 0 Å². The van der Waals surface area contributed by atoms with Gasteiger partial charge >= 0.3 is 0 Å². The minimum atomic E-state index is 0.783. The summed E-state index contributed by atoms with van der Waals surface area (Å²) in [5, 5.41) is 0. The van der Waals surface area contributed by atoms with Crippen LogP contribution in [-0.4, -0.2) is 6.61 Å². The predicted molar refractivity (Wildman–Crippen MR) is 126 cm³/mol. The van der Waals surface area contributed by atoms with Gasteiger partial charge in [-0.2, -0.15) is 0 Å². The first kappa shape index (κ1) is 22.7. The number of ether oxygens (including phenoxy) is 1. The SMILES string of the molecule is CCCCCCOc1ccc([C@H]2CC[C@H]([C@H]3CC[C@H](CCCC)CC3)CC2)cc1. The van der Waals surface area contributed by atoms with Gasteiger partial charge in [-0.3, -0.25) is 0 Å². The van der Waals surface area contributed by atoms with E-state index >= 15 is 0 Å². The Morgan fingerprint density at radius 3 is 1.93 bits per heavy atom. The topological polar surface area (TPSA) is 9.23 Å². The van der Waals surface area contributed by atoms with Crippen molar-refractivity contribution < 1.29 is 4.74 Å². The van der Waals surface area contributed by atoms with E-state index in [1.807, 2.05) is 0 Å². The van der Waals surface area contributed by atoms with Gasteiger partial charge in [0.2, 0.25) is 0 Å². The van der Waals surface area contributed by atoms with Crippen LogP contribution in [0.2, 0.25) is 0 Å². The highest BCUT2D eigenvalue weighted by atomic mass is 16.5. The Bertz CT molecular complexity index is 532. The summed E-state index contributed by atoms with van der Waals surface area (Å²) in [7, 11) is 0. The van der Waals surface area contributed by atoms with Crippen LogP contribution in [0.15, 0.2) is 24.3 Å². The standard InChI is InChI=1S/C28H46O/c1-3-5-7-8-22-29-28-20-18-27(19-21-28)26-16-14-25(15-17-26)24-12-10-23(11-13-24)9-6-4-2/h18-21,23-26H,3-17,22H2,1-2H3/t23-,24-,25-,26-. The van der Waals surface area contributed by atoms with Gasteiger partial charge < -0.3 is 4.74 Å². The van der Waals surface area contributed by atoms with Gasteiger partial charge in [0.15, 0.2) is 0 Å². The molecule has 0 saturated heterocycles. The molecule has 2 saturated carbocycles. The van der Waals surface area contributed by atoms with Crippen molar-refractivity contribution >= 4 is 0 Å². The van der Waals surface area contributed by atoms with Gasteiger partial charge in [-0.05, 0) is 86.3 Å². The Balaban J connectivity index is 1.36. The molecule has 0 heterocycles. The second kappa shape index (κ2) is 12.7. The van der Waals surface area contributed by atoms with Gasteiger partial charge in [0.1, 0.15) is 5.75 Å². The Hall–Kier alpha value is -0.980. The minimum absolute atomic E-state index is 0.783. The summed E-state index contributed by atoms with van der Waals surface area (Å²) in [5.74, 6) is 4.95. The fraction of sp³-hybridized carbons (Fsp3) is 0.786. The lowest BCUT2D eigenvalue weighted by atomic mass is 9.68. The van der Waals surface area contributed by atoms with Crippen molar-refractivity contribution in [3.05, 3.63) is 29.8 Å². The lowest BCUT2D eigenvalue weighted by molar-refractivity contribution is 0.156. The zero-order valence-electron chi connectivity index (χ0n) is 19.3. The molecule has 1 aromatic rings. The summed E-state index contributed by atoms with van der Waals surface area (Å²) in [6, 6.07) is 9.09. The Kier molecular flexibility index (Phi) is 9.91. The molecule has 0 radical (unpaired) electrons. The lowest BCUT2D eigenvalue weighted by Crippen LogP contribution is -2.25. The molecule has 2 aliphatic carbocycles. The van der Waals surface area contributed by atoms with E-state index in [0.717, 1.165) is 36.0 Å². The van der Waals surface area contributed by atoms with Gasteiger partial charge in [-0.15, -0.1) is 0 Å². The van der Waals surface area contributed by atoms with E-state index in [1.165, 1.54) is 96.3 Å². The second-order valence-electron chi connectivity index (χ2n) is 10.0. The van der Waals surface area contributed by atoms with Crippen molar-refractivity contribution in [2.24, 2.45) is 17.8 Å². The summed E-state index contributed by atoms with van der Waals surface area (Å²) in [5.41, 5.74) is 1.55.